The van der Waals surface area contributed by atoms with Gasteiger partial charge in [-0.2, -0.15) is 0 Å². The summed E-state index contributed by atoms with van der Waals surface area (Å²) in [5.41, 5.74) is 2.35. The monoisotopic (exact) mass is 333 g/mol. The largest absolute Gasteiger partial charge is 0.298 e. The number of hydrogen-bond acceptors (Lipinski definition) is 4. The van der Waals surface area contributed by atoms with E-state index in [1.165, 1.54) is 6.07 Å². The Morgan fingerprint density at radius 2 is 2.00 bits per heavy atom. The molecule has 23 heavy (non-hydrogen) atoms. The van der Waals surface area contributed by atoms with Crippen molar-refractivity contribution >= 4 is 16.1 Å². The highest BCUT2D eigenvalue weighted by molar-refractivity contribution is 7.90. The maximum atomic E-state index is 14.0. The van der Waals surface area contributed by atoms with E-state index in [9.17, 15) is 17.6 Å². The van der Waals surface area contributed by atoms with Crippen LogP contribution in [0.3, 0.4) is 0 Å². The summed E-state index contributed by atoms with van der Waals surface area (Å²) >= 11 is 0. The molecule has 1 heterocycles. The number of pyridine rings is 1. The van der Waals surface area contributed by atoms with Crippen LogP contribution in [0.4, 0.5) is 4.39 Å². The fourth-order valence-corrected chi connectivity index (χ4v) is 3.78. The predicted octanol–water partition coefficient (Wildman–Crippen LogP) is 3.29. The third-order valence-corrected chi connectivity index (χ3v) is 5.30. The molecule has 0 amide bonds. The summed E-state index contributed by atoms with van der Waals surface area (Å²) in [7, 11) is -3.33. The molecule has 120 valence electrons. The highest BCUT2D eigenvalue weighted by Gasteiger charge is 2.30. The number of aryl methyl sites for hydroxylation is 1. The first-order valence-corrected chi connectivity index (χ1v) is 9.16. The molecule has 0 saturated heterocycles. The van der Waals surface area contributed by atoms with Crippen LogP contribution in [-0.2, 0) is 9.84 Å². The minimum atomic E-state index is -3.33. The van der Waals surface area contributed by atoms with Crippen molar-refractivity contribution in [2.45, 2.75) is 30.6 Å². The van der Waals surface area contributed by atoms with Gasteiger partial charge in [0.2, 0.25) is 0 Å². The van der Waals surface area contributed by atoms with Gasteiger partial charge in [0.15, 0.2) is 21.9 Å². The molecule has 1 aliphatic rings. The lowest BCUT2D eigenvalue weighted by molar-refractivity contribution is 0.112. The maximum Gasteiger partial charge on any atom is 0.175 e. The van der Waals surface area contributed by atoms with Gasteiger partial charge in [0.05, 0.1) is 22.3 Å². The Bertz CT molecular complexity index is 902. The Kier molecular flexibility index (Phi) is 3.80. The van der Waals surface area contributed by atoms with Crippen LogP contribution in [0.25, 0.3) is 11.1 Å². The molecule has 3 rings (SSSR count). The van der Waals surface area contributed by atoms with Crippen molar-refractivity contribution in [1.29, 1.82) is 0 Å². The Morgan fingerprint density at radius 3 is 2.52 bits per heavy atom. The highest BCUT2D eigenvalue weighted by atomic mass is 32.2. The smallest absolute Gasteiger partial charge is 0.175 e. The molecule has 0 aliphatic heterocycles. The van der Waals surface area contributed by atoms with Crippen molar-refractivity contribution in [1.82, 2.24) is 4.98 Å². The lowest BCUT2D eigenvalue weighted by atomic mass is 9.95. The second-order valence-electron chi connectivity index (χ2n) is 5.92. The lowest BCUT2D eigenvalue weighted by Crippen LogP contribution is -2.03. The number of hydrogen-bond donors (Lipinski definition) is 0. The lowest BCUT2D eigenvalue weighted by Gasteiger charge is -2.13. The van der Waals surface area contributed by atoms with Crippen LogP contribution in [0, 0.1) is 12.7 Å². The Labute approximate surface area is 134 Å². The molecule has 1 aromatic heterocycles. The molecular weight excluding hydrogens is 317 g/mol. The van der Waals surface area contributed by atoms with E-state index in [0.717, 1.165) is 25.3 Å². The summed E-state index contributed by atoms with van der Waals surface area (Å²) in [4.78, 5) is 15.8. The van der Waals surface area contributed by atoms with Gasteiger partial charge in [-0.3, -0.25) is 9.78 Å². The molecule has 0 radical (unpaired) electrons. The van der Waals surface area contributed by atoms with Gasteiger partial charge >= 0.3 is 0 Å². The van der Waals surface area contributed by atoms with E-state index < -0.39 is 15.7 Å². The predicted molar refractivity (Wildman–Crippen MR) is 84.8 cm³/mol. The second kappa shape index (κ2) is 5.53. The van der Waals surface area contributed by atoms with E-state index in [-0.39, 0.29) is 16.4 Å². The van der Waals surface area contributed by atoms with Crippen molar-refractivity contribution in [3.05, 3.63) is 47.0 Å². The van der Waals surface area contributed by atoms with E-state index in [4.69, 9.17) is 0 Å². The molecule has 0 N–H and O–H groups in total. The summed E-state index contributed by atoms with van der Waals surface area (Å²) in [6.45, 7) is 1.68. The van der Waals surface area contributed by atoms with E-state index in [0.29, 0.717) is 28.7 Å². The molecule has 0 bridgehead atoms. The number of rotatable bonds is 4. The molecule has 1 aromatic carbocycles. The first kappa shape index (κ1) is 15.8. The van der Waals surface area contributed by atoms with Crippen molar-refractivity contribution in [3.8, 4) is 11.1 Å². The minimum absolute atomic E-state index is 0.0200. The van der Waals surface area contributed by atoms with Crippen LogP contribution in [0.5, 0.6) is 0 Å². The molecule has 4 nitrogen and oxygen atoms in total. The fraction of sp³-hybridized carbons (Fsp3) is 0.294. The zero-order valence-electron chi connectivity index (χ0n) is 12.8. The SMILES string of the molecule is Cc1cc(-c2c(C3CC3)ncc(F)c2C=O)ccc1S(C)(=O)=O. The molecule has 0 spiro atoms. The van der Waals surface area contributed by atoms with Crippen LogP contribution >= 0.6 is 0 Å². The average molecular weight is 333 g/mol. The van der Waals surface area contributed by atoms with Crippen molar-refractivity contribution in [3.63, 3.8) is 0 Å². The molecule has 1 fully saturated rings. The molecule has 0 unspecified atom stereocenters. The Morgan fingerprint density at radius 1 is 1.30 bits per heavy atom. The highest BCUT2D eigenvalue weighted by Crippen LogP contribution is 2.44. The van der Waals surface area contributed by atoms with E-state index in [1.807, 2.05) is 0 Å². The topological polar surface area (TPSA) is 64.1 Å². The van der Waals surface area contributed by atoms with Gasteiger partial charge in [0.1, 0.15) is 0 Å². The molecule has 6 heteroatoms. The van der Waals surface area contributed by atoms with Gasteiger partial charge in [-0.25, -0.2) is 12.8 Å². The summed E-state index contributed by atoms with van der Waals surface area (Å²) in [6.07, 6.45) is 4.65. The number of nitrogens with zero attached hydrogens (tertiary/aromatic N) is 1. The van der Waals surface area contributed by atoms with Gasteiger partial charge in [-0.1, -0.05) is 12.1 Å². The zero-order valence-corrected chi connectivity index (χ0v) is 13.7. The van der Waals surface area contributed by atoms with E-state index in [2.05, 4.69) is 4.98 Å². The van der Waals surface area contributed by atoms with Crippen molar-refractivity contribution in [2.24, 2.45) is 0 Å². The summed E-state index contributed by atoms with van der Waals surface area (Å²) < 4.78 is 37.5. The first-order valence-electron chi connectivity index (χ1n) is 7.27. The standard InChI is InChI=1S/C17H16FNO3S/c1-10-7-12(5-6-15(10)23(2,21)22)16-13(9-20)14(18)8-19-17(16)11-3-4-11/h5-9,11H,3-4H2,1-2H3. The number of aldehydes is 1. The summed E-state index contributed by atoms with van der Waals surface area (Å²) in [5, 5.41) is 0. The van der Waals surface area contributed by atoms with Crippen LogP contribution in [-0.4, -0.2) is 25.9 Å². The van der Waals surface area contributed by atoms with Crippen LogP contribution in [0.1, 0.15) is 40.4 Å². The van der Waals surface area contributed by atoms with Crippen LogP contribution in [0.2, 0.25) is 0 Å². The summed E-state index contributed by atoms with van der Waals surface area (Å²) in [5.74, 6) is -0.427. The maximum absolute atomic E-state index is 14.0. The molecule has 2 aromatic rings. The van der Waals surface area contributed by atoms with Crippen molar-refractivity contribution in [2.75, 3.05) is 6.26 Å². The molecular formula is C17H16FNO3S. The van der Waals surface area contributed by atoms with Gasteiger partial charge in [0, 0.05) is 17.7 Å². The number of aromatic nitrogens is 1. The van der Waals surface area contributed by atoms with Crippen LogP contribution in [0.15, 0.2) is 29.3 Å². The third-order valence-electron chi connectivity index (χ3n) is 4.04. The minimum Gasteiger partial charge on any atom is -0.298 e. The number of halogens is 1. The number of carbonyl (C=O) groups excluding carboxylic acids is 1. The zero-order chi connectivity index (χ0) is 16.8. The van der Waals surface area contributed by atoms with E-state index >= 15 is 0 Å². The summed E-state index contributed by atoms with van der Waals surface area (Å²) in [6, 6.07) is 4.78. The molecule has 1 saturated carbocycles. The third kappa shape index (κ3) is 2.91. The fourth-order valence-electron chi connectivity index (χ4n) is 2.82. The number of sulfone groups is 1. The Balaban J connectivity index is 2.24. The average Bonchev–Trinajstić information content (AvgIpc) is 3.30. The second-order valence-corrected chi connectivity index (χ2v) is 7.91. The van der Waals surface area contributed by atoms with E-state index in [1.54, 1.807) is 19.1 Å². The normalized spacial score (nSPS) is 14.7. The first-order chi connectivity index (χ1) is 10.8. The number of benzene rings is 1. The van der Waals surface area contributed by atoms with Gasteiger partial charge in [-0.15, -0.1) is 0 Å². The van der Waals surface area contributed by atoms with Crippen molar-refractivity contribution < 1.29 is 17.6 Å². The Hall–Kier alpha value is -2.08. The molecule has 1 aliphatic carbocycles. The van der Waals surface area contributed by atoms with Crippen LogP contribution < -0.4 is 0 Å². The van der Waals surface area contributed by atoms with Gasteiger partial charge in [0.25, 0.3) is 0 Å². The number of carbonyl (C=O) groups is 1. The molecule has 0 atom stereocenters. The quantitative estimate of drug-likeness (QED) is 0.806. The van der Waals surface area contributed by atoms with Gasteiger partial charge in [-0.05, 0) is 37.0 Å². The van der Waals surface area contributed by atoms with Gasteiger partial charge < -0.3 is 0 Å².